The molecule has 0 amide bonds. The number of hydrogen-bond acceptors (Lipinski definition) is 3. The summed E-state index contributed by atoms with van der Waals surface area (Å²) in [6.45, 7) is 0.518. The van der Waals surface area contributed by atoms with Crippen LogP contribution in [-0.4, -0.2) is 13.7 Å². The van der Waals surface area contributed by atoms with Crippen LogP contribution in [-0.2, 0) is 5.33 Å². The van der Waals surface area contributed by atoms with Crippen molar-refractivity contribution in [3.63, 3.8) is 0 Å². The smallest absolute Gasteiger partial charge is 0.179 e. The third-order valence-electron chi connectivity index (χ3n) is 3.38. The molecule has 1 aromatic carbocycles. The molecule has 2 rings (SSSR count). The average Bonchev–Trinajstić information content (AvgIpc) is 3.17. The van der Waals surface area contributed by atoms with E-state index in [0.717, 1.165) is 18.4 Å². The summed E-state index contributed by atoms with van der Waals surface area (Å²) in [4.78, 5) is 0. The lowest BCUT2D eigenvalue weighted by Gasteiger charge is -2.17. The molecule has 0 spiro atoms. The Labute approximate surface area is 126 Å². The highest BCUT2D eigenvalue weighted by molar-refractivity contribution is 9.08. The molecule has 1 aliphatic rings. The Morgan fingerprint density at radius 2 is 2.21 bits per heavy atom. The fourth-order valence-corrected chi connectivity index (χ4v) is 2.54. The van der Waals surface area contributed by atoms with Crippen LogP contribution < -0.4 is 9.47 Å². The fraction of sp³-hybridized carbons (Fsp3) is 0.500. The molecule has 1 saturated carbocycles. The maximum atomic E-state index is 8.80. The van der Waals surface area contributed by atoms with E-state index in [1.165, 1.54) is 0 Å². The highest BCUT2D eigenvalue weighted by Crippen LogP contribution is 2.49. The van der Waals surface area contributed by atoms with Gasteiger partial charge in [0, 0.05) is 17.2 Å². The molecular formula is C14H15BrClNO2. The van der Waals surface area contributed by atoms with Crippen LogP contribution in [0.25, 0.3) is 0 Å². The van der Waals surface area contributed by atoms with E-state index >= 15 is 0 Å². The molecule has 1 fully saturated rings. The second kappa shape index (κ2) is 6.02. The van der Waals surface area contributed by atoms with Crippen molar-refractivity contribution in [2.45, 2.75) is 24.6 Å². The first-order valence-electron chi connectivity index (χ1n) is 6.06. The number of methoxy groups -OCH3 is 1. The molecule has 1 aromatic rings. The maximum absolute atomic E-state index is 8.80. The van der Waals surface area contributed by atoms with E-state index in [1.54, 1.807) is 7.11 Å². The highest BCUT2D eigenvalue weighted by atomic mass is 79.9. The van der Waals surface area contributed by atoms with Gasteiger partial charge in [0.05, 0.1) is 24.8 Å². The summed E-state index contributed by atoms with van der Waals surface area (Å²) in [6.07, 6.45) is 2.62. The van der Waals surface area contributed by atoms with Gasteiger partial charge in [-0.1, -0.05) is 27.5 Å². The molecule has 3 nitrogen and oxygen atoms in total. The predicted octanol–water partition coefficient (Wildman–Crippen LogP) is 4.32. The number of alkyl halides is 1. The van der Waals surface area contributed by atoms with Gasteiger partial charge in [0.15, 0.2) is 11.5 Å². The van der Waals surface area contributed by atoms with Crippen LogP contribution >= 0.6 is 27.5 Å². The predicted molar refractivity (Wildman–Crippen MR) is 78.0 cm³/mol. The highest BCUT2D eigenvalue weighted by Gasteiger charge is 2.43. The van der Waals surface area contributed by atoms with Crippen LogP contribution in [0.15, 0.2) is 12.1 Å². The van der Waals surface area contributed by atoms with E-state index in [9.17, 15) is 0 Å². The van der Waals surface area contributed by atoms with E-state index in [0.29, 0.717) is 34.9 Å². The largest absolute Gasteiger partial charge is 0.493 e. The third kappa shape index (κ3) is 3.34. The van der Waals surface area contributed by atoms with Crippen molar-refractivity contribution < 1.29 is 9.47 Å². The van der Waals surface area contributed by atoms with Crippen LogP contribution in [0.1, 0.15) is 24.8 Å². The van der Waals surface area contributed by atoms with Gasteiger partial charge in [-0.15, -0.1) is 0 Å². The van der Waals surface area contributed by atoms with Gasteiger partial charge in [-0.2, -0.15) is 5.26 Å². The number of nitrogens with zero attached hydrogens (tertiary/aromatic N) is 1. The van der Waals surface area contributed by atoms with E-state index in [-0.39, 0.29) is 5.41 Å². The summed E-state index contributed by atoms with van der Waals surface area (Å²) >= 11 is 9.62. The zero-order valence-corrected chi connectivity index (χ0v) is 13.1. The minimum Gasteiger partial charge on any atom is -0.493 e. The molecule has 5 heteroatoms. The first-order valence-corrected chi connectivity index (χ1v) is 7.56. The molecule has 0 aromatic heterocycles. The Morgan fingerprint density at radius 3 is 2.74 bits per heavy atom. The van der Waals surface area contributed by atoms with Crippen molar-refractivity contribution >= 4 is 27.5 Å². The normalized spacial score (nSPS) is 15.7. The van der Waals surface area contributed by atoms with E-state index in [1.807, 2.05) is 12.1 Å². The molecular weight excluding hydrogens is 330 g/mol. The molecule has 0 heterocycles. The van der Waals surface area contributed by atoms with Crippen LogP contribution in [0.2, 0.25) is 5.02 Å². The monoisotopic (exact) mass is 343 g/mol. The zero-order chi connectivity index (χ0) is 13.9. The van der Waals surface area contributed by atoms with Gasteiger partial charge in [-0.05, 0) is 30.5 Å². The number of nitriles is 1. The molecule has 102 valence electrons. The van der Waals surface area contributed by atoms with Crippen molar-refractivity contribution in [3.05, 3.63) is 22.7 Å². The van der Waals surface area contributed by atoms with Crippen molar-refractivity contribution in [1.82, 2.24) is 0 Å². The van der Waals surface area contributed by atoms with Gasteiger partial charge >= 0.3 is 0 Å². The van der Waals surface area contributed by atoms with Gasteiger partial charge < -0.3 is 9.47 Å². The first kappa shape index (κ1) is 14.5. The standard InChI is InChI=1S/C14H15BrClNO2/c1-18-12-7-10(8-15)6-11(16)13(12)19-9-14(2-3-14)4-5-17/h6-7H,2-4,8-9H2,1H3. The Morgan fingerprint density at radius 1 is 1.47 bits per heavy atom. The van der Waals surface area contributed by atoms with Gasteiger partial charge in [-0.25, -0.2) is 0 Å². The molecule has 0 aliphatic heterocycles. The van der Waals surface area contributed by atoms with Crippen molar-refractivity contribution in [2.24, 2.45) is 5.41 Å². The van der Waals surface area contributed by atoms with Crippen molar-refractivity contribution in [3.8, 4) is 17.6 Å². The van der Waals surface area contributed by atoms with Gasteiger partial charge in [0.2, 0.25) is 0 Å². The van der Waals surface area contributed by atoms with E-state index in [2.05, 4.69) is 22.0 Å². The molecule has 0 radical (unpaired) electrons. The van der Waals surface area contributed by atoms with Gasteiger partial charge in [0.1, 0.15) is 0 Å². The number of ether oxygens (including phenoxy) is 2. The Hall–Kier alpha value is -0.920. The number of halogens is 2. The summed E-state index contributed by atoms with van der Waals surface area (Å²) in [5, 5.41) is 10.1. The minimum atomic E-state index is 0.0250. The summed E-state index contributed by atoms with van der Waals surface area (Å²) in [6, 6.07) is 5.98. The first-order chi connectivity index (χ1) is 9.14. The van der Waals surface area contributed by atoms with Crippen LogP contribution in [0, 0.1) is 16.7 Å². The second-order valence-electron chi connectivity index (χ2n) is 4.87. The summed E-state index contributed by atoms with van der Waals surface area (Å²) < 4.78 is 11.1. The van der Waals surface area contributed by atoms with Crippen molar-refractivity contribution in [1.29, 1.82) is 5.26 Å². The van der Waals surface area contributed by atoms with Crippen molar-refractivity contribution in [2.75, 3.05) is 13.7 Å². The van der Waals surface area contributed by atoms with E-state index < -0.39 is 0 Å². The molecule has 0 unspecified atom stereocenters. The Balaban J connectivity index is 2.14. The van der Waals surface area contributed by atoms with Gasteiger partial charge in [-0.3, -0.25) is 0 Å². The number of rotatable bonds is 6. The van der Waals surface area contributed by atoms with Crippen LogP contribution in [0.4, 0.5) is 0 Å². The summed E-state index contributed by atoms with van der Waals surface area (Å²) in [5.74, 6) is 1.20. The van der Waals surface area contributed by atoms with Gasteiger partial charge in [0.25, 0.3) is 0 Å². The lowest BCUT2D eigenvalue weighted by Crippen LogP contribution is -2.13. The Bertz CT molecular complexity index is 509. The molecule has 0 atom stereocenters. The zero-order valence-electron chi connectivity index (χ0n) is 10.7. The summed E-state index contributed by atoms with van der Waals surface area (Å²) in [5.41, 5.74) is 1.06. The molecule has 19 heavy (non-hydrogen) atoms. The topological polar surface area (TPSA) is 42.2 Å². The summed E-state index contributed by atoms with van der Waals surface area (Å²) in [7, 11) is 1.60. The Kier molecular flexibility index (Phi) is 4.59. The third-order valence-corrected chi connectivity index (χ3v) is 4.31. The lowest BCUT2D eigenvalue weighted by molar-refractivity contribution is 0.227. The number of hydrogen-bond donors (Lipinski definition) is 0. The molecule has 0 saturated heterocycles. The quantitative estimate of drug-likeness (QED) is 0.722. The SMILES string of the molecule is COc1cc(CBr)cc(Cl)c1OCC1(CC#N)CC1. The van der Waals surface area contributed by atoms with E-state index in [4.69, 9.17) is 26.3 Å². The second-order valence-corrected chi connectivity index (χ2v) is 5.83. The molecule has 0 N–H and O–H groups in total. The lowest BCUT2D eigenvalue weighted by atomic mass is 10.1. The molecule has 0 bridgehead atoms. The fourth-order valence-electron chi connectivity index (χ4n) is 1.93. The molecule has 1 aliphatic carbocycles. The van der Waals surface area contributed by atoms with Crippen LogP contribution in [0.5, 0.6) is 11.5 Å². The maximum Gasteiger partial charge on any atom is 0.179 e. The number of benzene rings is 1. The average molecular weight is 345 g/mol. The minimum absolute atomic E-state index is 0.0250. The van der Waals surface area contributed by atoms with Crippen LogP contribution in [0.3, 0.4) is 0 Å².